The molecular weight excluding hydrogens is 535 g/mol. The summed E-state index contributed by atoms with van der Waals surface area (Å²) in [5, 5.41) is 17.8. The summed E-state index contributed by atoms with van der Waals surface area (Å²) in [6, 6.07) is 10.2. The molecule has 5 nitrogen and oxygen atoms in total. The van der Waals surface area contributed by atoms with Crippen LogP contribution in [0.1, 0.15) is 115 Å². The minimum Gasteiger partial charge on any atom is -0.478 e. The maximum Gasteiger partial charge on any atom is 0.351 e. The third kappa shape index (κ3) is 15.3. The number of carboxylic acids is 1. The molecule has 8 heteroatoms. The van der Waals surface area contributed by atoms with Crippen LogP contribution in [0.2, 0.25) is 0 Å². The fourth-order valence-corrected chi connectivity index (χ4v) is 7.15. The van der Waals surface area contributed by atoms with Gasteiger partial charge in [-0.2, -0.15) is 11.8 Å². The van der Waals surface area contributed by atoms with Crippen molar-refractivity contribution in [3.8, 4) is 0 Å². The van der Waals surface area contributed by atoms with Crippen LogP contribution in [0.4, 0.5) is 0 Å². The van der Waals surface area contributed by atoms with E-state index in [9.17, 15) is 19.6 Å². The topological polar surface area (TPSA) is 83.8 Å². The van der Waals surface area contributed by atoms with Crippen molar-refractivity contribution >= 4 is 38.0 Å². The second kappa shape index (κ2) is 23.1. The van der Waals surface area contributed by atoms with Crippen molar-refractivity contribution in [3.63, 3.8) is 0 Å². The summed E-state index contributed by atoms with van der Waals surface area (Å²) < 4.78 is 17.6. The van der Waals surface area contributed by atoms with E-state index in [0.717, 1.165) is 37.2 Å². The van der Waals surface area contributed by atoms with Crippen LogP contribution < -0.4 is 0 Å². The number of hydrogen-bond acceptors (Lipinski definition) is 6. The number of unbranched alkanes of at least 4 members (excludes halogenated alkanes) is 10. The van der Waals surface area contributed by atoms with Crippen LogP contribution in [0.15, 0.2) is 30.3 Å². The standard InChI is InChI=1S/C30H51O5PS2/c1-3-5-7-8-9-10-11-12-13-17-23-37-24-18-22-35-29(30(33,36-34)28(31)32)38-25-27(19-6-4-2)26-20-15-14-16-21-26/h14-16,20-21,27,29,33H,3-13,17-19,22-25H2,1-2H3,(H,31,32). The minimum absolute atomic E-state index is 0.213. The van der Waals surface area contributed by atoms with Gasteiger partial charge in [0.15, 0.2) is 5.44 Å². The molecule has 0 fully saturated rings. The van der Waals surface area contributed by atoms with Gasteiger partial charge in [0.1, 0.15) is 0 Å². The number of hydrogen-bond donors (Lipinski definition) is 2. The molecule has 1 aromatic carbocycles. The summed E-state index contributed by atoms with van der Waals surface area (Å²) in [5.41, 5.74) is 0.0908. The molecule has 38 heavy (non-hydrogen) atoms. The summed E-state index contributed by atoms with van der Waals surface area (Å²) >= 11 is 3.15. The number of rotatable bonds is 26. The molecule has 3 atom stereocenters. The SMILES string of the molecule is CCCCCCCCCCCCSCCCOC(SCC(CCCC)c1ccccc1)C(O)(P=O)C(=O)O. The number of aliphatic hydroxyl groups is 1. The summed E-state index contributed by atoms with van der Waals surface area (Å²) in [6.45, 7) is 4.74. The van der Waals surface area contributed by atoms with Gasteiger partial charge in [0.2, 0.25) is 8.46 Å². The van der Waals surface area contributed by atoms with Crippen molar-refractivity contribution in [2.24, 2.45) is 0 Å². The molecule has 0 aromatic heterocycles. The Hall–Kier alpha value is -0.590. The Labute approximate surface area is 241 Å². The Kier molecular flexibility index (Phi) is 21.6. The van der Waals surface area contributed by atoms with Gasteiger partial charge in [-0.25, -0.2) is 4.79 Å². The first-order chi connectivity index (χ1) is 18.5. The Balaban J connectivity index is 2.38. The highest BCUT2D eigenvalue weighted by molar-refractivity contribution is 8.00. The zero-order chi connectivity index (χ0) is 27.9. The van der Waals surface area contributed by atoms with Crippen molar-refractivity contribution in [1.29, 1.82) is 0 Å². The molecular formula is C30H51O5PS2. The zero-order valence-corrected chi connectivity index (χ0v) is 26.2. The van der Waals surface area contributed by atoms with Crippen molar-refractivity contribution < 1.29 is 24.3 Å². The molecule has 0 radical (unpaired) electrons. The molecule has 1 aromatic rings. The van der Waals surface area contributed by atoms with Crippen LogP contribution in [-0.2, 0) is 14.1 Å². The molecule has 0 amide bonds. The average molecular weight is 587 g/mol. The number of carbonyl (C=O) groups is 1. The van der Waals surface area contributed by atoms with Gasteiger partial charge < -0.3 is 14.9 Å². The zero-order valence-electron chi connectivity index (χ0n) is 23.7. The molecule has 0 bridgehead atoms. The second-order valence-electron chi connectivity index (χ2n) is 10.1. The molecule has 3 unspecified atom stereocenters. The lowest BCUT2D eigenvalue weighted by Crippen LogP contribution is -2.44. The first-order valence-electron chi connectivity index (χ1n) is 14.7. The largest absolute Gasteiger partial charge is 0.478 e. The first kappa shape index (κ1) is 35.4. The van der Waals surface area contributed by atoms with E-state index in [0.29, 0.717) is 12.4 Å². The van der Waals surface area contributed by atoms with E-state index < -0.39 is 25.2 Å². The molecule has 2 N–H and O–H groups in total. The number of ether oxygens (including phenoxy) is 1. The molecule has 0 aliphatic rings. The molecule has 218 valence electrons. The highest BCUT2D eigenvalue weighted by Gasteiger charge is 2.47. The predicted octanol–water partition coefficient (Wildman–Crippen LogP) is 9.15. The van der Waals surface area contributed by atoms with E-state index in [2.05, 4.69) is 26.0 Å². The van der Waals surface area contributed by atoms with Gasteiger partial charge in [-0.05, 0) is 42.2 Å². The molecule has 0 spiro atoms. The van der Waals surface area contributed by atoms with Gasteiger partial charge in [0.25, 0.3) is 5.34 Å². The summed E-state index contributed by atoms with van der Waals surface area (Å²) in [7, 11) is -0.852. The van der Waals surface area contributed by atoms with E-state index in [1.54, 1.807) is 0 Å². The van der Waals surface area contributed by atoms with Crippen molar-refractivity contribution in [2.75, 3.05) is 23.9 Å². The van der Waals surface area contributed by atoms with Gasteiger partial charge in [-0.1, -0.05) is 115 Å². The summed E-state index contributed by atoms with van der Waals surface area (Å²) in [6.07, 6.45) is 17.2. The normalized spacial score (nSPS) is 14.8. The summed E-state index contributed by atoms with van der Waals surface area (Å²) in [4.78, 5) is 11.8. The molecule has 0 saturated carbocycles. The lowest BCUT2D eigenvalue weighted by atomic mass is 9.95. The lowest BCUT2D eigenvalue weighted by molar-refractivity contribution is -0.155. The van der Waals surface area contributed by atoms with Crippen LogP contribution in [0.3, 0.4) is 0 Å². The van der Waals surface area contributed by atoms with Crippen LogP contribution in [0, 0.1) is 0 Å². The van der Waals surface area contributed by atoms with Crippen LogP contribution in [0.5, 0.6) is 0 Å². The Morgan fingerprint density at radius 3 is 2.05 bits per heavy atom. The van der Waals surface area contributed by atoms with E-state index >= 15 is 0 Å². The quantitative estimate of drug-likeness (QED) is 0.0636. The Bertz CT molecular complexity index is 724. The fourth-order valence-electron chi connectivity index (χ4n) is 4.33. The van der Waals surface area contributed by atoms with Crippen LogP contribution in [0.25, 0.3) is 0 Å². The van der Waals surface area contributed by atoms with Crippen molar-refractivity contribution in [2.45, 2.75) is 120 Å². The first-order valence-corrected chi connectivity index (χ1v) is 17.7. The van der Waals surface area contributed by atoms with E-state index in [4.69, 9.17) is 4.74 Å². The maximum atomic E-state index is 11.8. The van der Waals surface area contributed by atoms with Gasteiger partial charge in [-0.3, -0.25) is 4.57 Å². The van der Waals surface area contributed by atoms with E-state index in [1.165, 1.54) is 81.5 Å². The molecule has 1 rings (SSSR count). The third-order valence-corrected chi connectivity index (χ3v) is 10.2. The number of carboxylic acid groups (broad SMARTS) is 1. The monoisotopic (exact) mass is 586 g/mol. The molecule has 0 aliphatic heterocycles. The maximum absolute atomic E-state index is 11.8. The van der Waals surface area contributed by atoms with Gasteiger partial charge in [-0.15, -0.1) is 11.8 Å². The van der Waals surface area contributed by atoms with Crippen molar-refractivity contribution in [1.82, 2.24) is 0 Å². The van der Waals surface area contributed by atoms with Crippen molar-refractivity contribution in [3.05, 3.63) is 35.9 Å². The summed E-state index contributed by atoms with van der Waals surface area (Å²) in [5.74, 6) is 1.34. The third-order valence-electron chi connectivity index (χ3n) is 6.75. The predicted molar refractivity (Wildman–Crippen MR) is 165 cm³/mol. The Morgan fingerprint density at radius 1 is 0.895 bits per heavy atom. The lowest BCUT2D eigenvalue weighted by Gasteiger charge is -2.28. The highest BCUT2D eigenvalue weighted by Crippen LogP contribution is 2.37. The molecule has 0 aliphatic carbocycles. The Morgan fingerprint density at radius 2 is 1.47 bits per heavy atom. The molecule has 0 saturated heterocycles. The van der Waals surface area contributed by atoms with E-state index in [-0.39, 0.29) is 5.92 Å². The highest BCUT2D eigenvalue weighted by atomic mass is 32.2. The second-order valence-corrected chi connectivity index (χ2v) is 13.2. The van der Waals surface area contributed by atoms with Crippen LogP contribution in [-0.4, -0.2) is 50.8 Å². The number of thioether (sulfide) groups is 2. The number of aliphatic carboxylic acids is 1. The fraction of sp³-hybridized carbons (Fsp3) is 0.767. The average Bonchev–Trinajstić information content (AvgIpc) is 2.93. The van der Waals surface area contributed by atoms with Gasteiger partial charge in [0.05, 0.1) is 0 Å². The van der Waals surface area contributed by atoms with Crippen LogP contribution >= 0.6 is 32.0 Å². The van der Waals surface area contributed by atoms with Gasteiger partial charge >= 0.3 is 5.97 Å². The molecule has 0 heterocycles. The minimum atomic E-state index is -2.46. The van der Waals surface area contributed by atoms with E-state index in [1.807, 2.05) is 30.0 Å². The smallest absolute Gasteiger partial charge is 0.351 e. The van der Waals surface area contributed by atoms with Gasteiger partial charge in [0, 0.05) is 12.4 Å². The number of benzene rings is 1.